The van der Waals surface area contributed by atoms with Gasteiger partial charge in [-0.1, -0.05) is 20.8 Å². The Hall–Kier alpha value is -1.83. The van der Waals surface area contributed by atoms with E-state index in [9.17, 15) is 14.4 Å². The number of hydrogen-bond donors (Lipinski definition) is 1. The molecule has 0 saturated carbocycles. The molecule has 0 aromatic carbocycles. The quantitative estimate of drug-likeness (QED) is 0.773. The van der Waals surface area contributed by atoms with Crippen LogP contribution in [0.5, 0.6) is 0 Å². The molecule has 3 aliphatic heterocycles. The summed E-state index contributed by atoms with van der Waals surface area (Å²) in [6.45, 7) is 10.1. The fourth-order valence-electron chi connectivity index (χ4n) is 4.57. The number of carbonyl (C=O) groups is 3. The minimum absolute atomic E-state index is 0.0143. The van der Waals surface area contributed by atoms with Crippen LogP contribution in [-0.2, 0) is 14.3 Å². The number of piperazine rings is 1. The molecular weight excluding hydrogens is 360 g/mol. The maximum absolute atomic E-state index is 13.1. The first kappa shape index (κ1) is 20.9. The van der Waals surface area contributed by atoms with Crippen molar-refractivity contribution in [3.63, 3.8) is 0 Å². The van der Waals surface area contributed by atoms with E-state index in [0.717, 1.165) is 6.42 Å². The number of carbonyl (C=O) groups excluding carboxylic acids is 3. The Morgan fingerprint density at radius 2 is 1.75 bits per heavy atom. The van der Waals surface area contributed by atoms with E-state index in [4.69, 9.17) is 4.74 Å². The Kier molecular flexibility index (Phi) is 6.47. The molecule has 3 rings (SSSR count). The monoisotopic (exact) mass is 394 g/mol. The summed E-state index contributed by atoms with van der Waals surface area (Å²) < 4.78 is 5.32. The van der Waals surface area contributed by atoms with Crippen LogP contribution in [0.4, 0.5) is 4.79 Å². The van der Waals surface area contributed by atoms with Gasteiger partial charge in [-0.05, 0) is 31.6 Å². The van der Waals surface area contributed by atoms with Crippen molar-refractivity contribution in [1.29, 1.82) is 0 Å². The highest BCUT2D eigenvalue weighted by Gasteiger charge is 2.53. The molecule has 1 N–H and O–H groups in total. The highest BCUT2D eigenvalue weighted by molar-refractivity contribution is 6.00. The van der Waals surface area contributed by atoms with Crippen LogP contribution in [0.15, 0.2) is 0 Å². The van der Waals surface area contributed by atoms with Crippen LogP contribution in [0.3, 0.4) is 0 Å². The SMILES string of the molecule is CCCN1C(=O)C(CC(C)C)NC(=O)C12CCN(C(=O)N1CCOCC1)CC2. The van der Waals surface area contributed by atoms with Crippen LogP contribution in [0.25, 0.3) is 0 Å². The number of nitrogens with one attached hydrogen (secondary N) is 1. The van der Waals surface area contributed by atoms with Crippen molar-refractivity contribution in [2.45, 2.75) is 58.0 Å². The molecule has 1 spiro atoms. The molecule has 3 heterocycles. The third kappa shape index (κ3) is 3.97. The van der Waals surface area contributed by atoms with E-state index < -0.39 is 11.6 Å². The maximum atomic E-state index is 13.1. The van der Waals surface area contributed by atoms with Crippen molar-refractivity contribution in [1.82, 2.24) is 20.0 Å². The van der Waals surface area contributed by atoms with Crippen LogP contribution in [-0.4, -0.2) is 90.1 Å². The molecule has 0 aromatic heterocycles. The lowest BCUT2D eigenvalue weighted by Crippen LogP contribution is -2.73. The van der Waals surface area contributed by atoms with Crippen molar-refractivity contribution in [3.05, 3.63) is 0 Å². The van der Waals surface area contributed by atoms with Gasteiger partial charge in [0.15, 0.2) is 0 Å². The van der Waals surface area contributed by atoms with Crippen molar-refractivity contribution in [3.8, 4) is 0 Å². The molecule has 1 unspecified atom stereocenters. The van der Waals surface area contributed by atoms with Gasteiger partial charge in [-0.15, -0.1) is 0 Å². The van der Waals surface area contributed by atoms with Gasteiger partial charge in [-0.25, -0.2) is 4.79 Å². The average Bonchev–Trinajstić information content (AvgIpc) is 2.70. The molecule has 4 amide bonds. The van der Waals surface area contributed by atoms with E-state index in [1.807, 2.05) is 21.6 Å². The number of nitrogens with zero attached hydrogens (tertiary/aromatic N) is 3. The number of rotatable bonds is 4. The van der Waals surface area contributed by atoms with Crippen LogP contribution < -0.4 is 5.32 Å². The zero-order valence-corrected chi connectivity index (χ0v) is 17.4. The second kappa shape index (κ2) is 8.68. The molecule has 3 aliphatic rings. The van der Waals surface area contributed by atoms with Crippen LogP contribution in [0.2, 0.25) is 0 Å². The molecule has 3 saturated heterocycles. The van der Waals surface area contributed by atoms with Gasteiger partial charge in [0, 0.05) is 32.7 Å². The van der Waals surface area contributed by atoms with Gasteiger partial charge < -0.3 is 24.8 Å². The predicted molar refractivity (Wildman–Crippen MR) is 105 cm³/mol. The van der Waals surface area contributed by atoms with Gasteiger partial charge in [-0.2, -0.15) is 0 Å². The lowest BCUT2D eigenvalue weighted by Gasteiger charge is -2.52. The Balaban J connectivity index is 1.71. The third-order valence-corrected chi connectivity index (χ3v) is 6.11. The molecule has 0 radical (unpaired) electrons. The van der Waals surface area contributed by atoms with Gasteiger partial charge >= 0.3 is 6.03 Å². The summed E-state index contributed by atoms with van der Waals surface area (Å²) in [5, 5.41) is 2.99. The molecular formula is C20H34N4O4. The van der Waals surface area contributed by atoms with E-state index in [0.29, 0.717) is 71.1 Å². The fraction of sp³-hybridized carbons (Fsp3) is 0.850. The van der Waals surface area contributed by atoms with Gasteiger partial charge in [0.05, 0.1) is 13.2 Å². The van der Waals surface area contributed by atoms with Crippen LogP contribution >= 0.6 is 0 Å². The third-order valence-electron chi connectivity index (χ3n) is 6.11. The zero-order chi connectivity index (χ0) is 20.3. The lowest BCUT2D eigenvalue weighted by atomic mass is 9.81. The number of amides is 4. The number of piperidine rings is 1. The molecule has 8 nitrogen and oxygen atoms in total. The van der Waals surface area contributed by atoms with Gasteiger partial charge in [0.25, 0.3) is 0 Å². The number of ether oxygens (including phenoxy) is 1. The average molecular weight is 395 g/mol. The first-order chi connectivity index (χ1) is 13.4. The predicted octanol–water partition coefficient (Wildman–Crippen LogP) is 1.06. The Bertz CT molecular complexity index is 595. The summed E-state index contributed by atoms with van der Waals surface area (Å²) in [5.74, 6) is 0.313. The summed E-state index contributed by atoms with van der Waals surface area (Å²) in [6.07, 6.45) is 2.46. The minimum atomic E-state index is -0.817. The summed E-state index contributed by atoms with van der Waals surface area (Å²) in [7, 11) is 0. The van der Waals surface area contributed by atoms with E-state index in [2.05, 4.69) is 19.2 Å². The molecule has 8 heteroatoms. The Morgan fingerprint density at radius 3 is 2.32 bits per heavy atom. The summed E-state index contributed by atoms with van der Waals surface area (Å²) in [5.41, 5.74) is -0.817. The first-order valence-corrected chi connectivity index (χ1v) is 10.6. The highest BCUT2D eigenvalue weighted by Crippen LogP contribution is 2.34. The number of morpholine rings is 1. The van der Waals surface area contributed by atoms with Gasteiger partial charge in [0.2, 0.25) is 11.8 Å². The molecule has 0 aliphatic carbocycles. The second-order valence-electron chi connectivity index (χ2n) is 8.55. The minimum Gasteiger partial charge on any atom is -0.378 e. The van der Waals surface area contributed by atoms with Crippen LogP contribution in [0.1, 0.15) is 46.5 Å². The van der Waals surface area contributed by atoms with Gasteiger partial charge in [0.1, 0.15) is 11.6 Å². The summed E-state index contributed by atoms with van der Waals surface area (Å²) in [6, 6.07) is -0.418. The fourth-order valence-corrected chi connectivity index (χ4v) is 4.57. The lowest BCUT2D eigenvalue weighted by molar-refractivity contribution is -0.161. The van der Waals surface area contributed by atoms with Crippen molar-refractivity contribution in [2.24, 2.45) is 5.92 Å². The largest absolute Gasteiger partial charge is 0.378 e. The number of hydrogen-bond acceptors (Lipinski definition) is 4. The molecule has 158 valence electrons. The first-order valence-electron chi connectivity index (χ1n) is 10.6. The maximum Gasteiger partial charge on any atom is 0.320 e. The zero-order valence-electron chi connectivity index (χ0n) is 17.4. The molecule has 3 fully saturated rings. The summed E-state index contributed by atoms with van der Waals surface area (Å²) >= 11 is 0. The van der Waals surface area contributed by atoms with E-state index in [1.165, 1.54) is 0 Å². The normalized spacial score (nSPS) is 25.4. The second-order valence-corrected chi connectivity index (χ2v) is 8.55. The van der Waals surface area contributed by atoms with E-state index >= 15 is 0 Å². The van der Waals surface area contributed by atoms with Crippen LogP contribution in [0, 0.1) is 5.92 Å². The Labute approximate surface area is 167 Å². The van der Waals surface area contributed by atoms with Crippen molar-refractivity contribution >= 4 is 17.8 Å². The standard InChI is InChI=1S/C20H34N4O4/c1-4-7-24-17(25)16(14-15(2)3)21-18(26)20(24)5-8-22(9-6-20)19(27)23-10-12-28-13-11-23/h15-16H,4-14H2,1-3H3,(H,21,26). The number of urea groups is 1. The number of likely N-dealkylation sites (tertiary alicyclic amines) is 1. The molecule has 0 aromatic rings. The van der Waals surface area contributed by atoms with Crippen molar-refractivity contribution in [2.75, 3.05) is 45.9 Å². The van der Waals surface area contributed by atoms with E-state index in [-0.39, 0.29) is 17.8 Å². The Morgan fingerprint density at radius 1 is 1.14 bits per heavy atom. The topological polar surface area (TPSA) is 82.2 Å². The molecule has 28 heavy (non-hydrogen) atoms. The molecule has 0 bridgehead atoms. The summed E-state index contributed by atoms with van der Waals surface area (Å²) in [4.78, 5) is 44.5. The van der Waals surface area contributed by atoms with Crippen molar-refractivity contribution < 1.29 is 19.1 Å². The van der Waals surface area contributed by atoms with E-state index in [1.54, 1.807) is 0 Å². The highest BCUT2D eigenvalue weighted by atomic mass is 16.5. The smallest absolute Gasteiger partial charge is 0.320 e. The molecule has 1 atom stereocenters. The van der Waals surface area contributed by atoms with Gasteiger partial charge in [-0.3, -0.25) is 9.59 Å².